The molecular weight excluding hydrogens is 256 g/mol. The number of rotatable bonds is 6. The standard InChI is InChI=1S/C14H30N4O2/c1-14(2,3)20-13(19)16-8-7-12(11-15)17-18-9-5-4-6-10-18/h12,17H,4-11,15H2,1-3H3,(H,16,19). The van der Waals surface area contributed by atoms with E-state index in [0.29, 0.717) is 13.1 Å². The molecule has 1 aliphatic rings. The van der Waals surface area contributed by atoms with Crippen molar-refractivity contribution in [1.82, 2.24) is 15.8 Å². The van der Waals surface area contributed by atoms with Crippen LogP contribution in [0, 0.1) is 0 Å². The van der Waals surface area contributed by atoms with Crippen molar-refractivity contribution in [3.05, 3.63) is 0 Å². The Kier molecular flexibility index (Phi) is 7.26. The molecule has 6 nitrogen and oxygen atoms in total. The van der Waals surface area contributed by atoms with Crippen LogP contribution < -0.4 is 16.5 Å². The molecular formula is C14H30N4O2. The minimum atomic E-state index is -0.455. The molecule has 1 amide bonds. The van der Waals surface area contributed by atoms with E-state index in [1.54, 1.807) is 0 Å². The van der Waals surface area contributed by atoms with Gasteiger partial charge in [-0.15, -0.1) is 0 Å². The maximum Gasteiger partial charge on any atom is 0.407 e. The molecule has 0 bridgehead atoms. The monoisotopic (exact) mass is 286 g/mol. The van der Waals surface area contributed by atoms with Crippen molar-refractivity contribution in [2.24, 2.45) is 5.73 Å². The van der Waals surface area contributed by atoms with Crippen LogP contribution in [0.3, 0.4) is 0 Å². The van der Waals surface area contributed by atoms with Crippen molar-refractivity contribution in [1.29, 1.82) is 0 Å². The fourth-order valence-electron chi connectivity index (χ4n) is 2.18. The lowest BCUT2D eigenvalue weighted by molar-refractivity contribution is 0.0522. The first-order valence-electron chi connectivity index (χ1n) is 7.59. The van der Waals surface area contributed by atoms with E-state index in [0.717, 1.165) is 19.5 Å². The Bertz CT molecular complexity index is 285. The lowest BCUT2D eigenvalue weighted by atomic mass is 10.1. The van der Waals surface area contributed by atoms with Gasteiger partial charge in [-0.1, -0.05) is 6.42 Å². The lowest BCUT2D eigenvalue weighted by Crippen LogP contribution is -2.51. The molecule has 0 aromatic rings. The number of nitrogens with one attached hydrogen (secondary N) is 2. The van der Waals surface area contributed by atoms with E-state index in [2.05, 4.69) is 15.8 Å². The second-order valence-electron chi connectivity index (χ2n) is 6.33. The maximum absolute atomic E-state index is 11.5. The summed E-state index contributed by atoms with van der Waals surface area (Å²) in [5.74, 6) is 0. The fraction of sp³-hybridized carbons (Fsp3) is 0.929. The van der Waals surface area contributed by atoms with E-state index in [1.807, 2.05) is 20.8 Å². The minimum absolute atomic E-state index is 0.197. The van der Waals surface area contributed by atoms with E-state index >= 15 is 0 Å². The highest BCUT2D eigenvalue weighted by Gasteiger charge is 2.17. The molecule has 0 spiro atoms. The third kappa shape index (κ3) is 7.67. The predicted molar refractivity (Wildman–Crippen MR) is 80.3 cm³/mol. The molecule has 1 fully saturated rings. The molecule has 1 aliphatic heterocycles. The number of hydrazine groups is 1. The van der Waals surface area contributed by atoms with Crippen LogP contribution in [0.1, 0.15) is 46.5 Å². The van der Waals surface area contributed by atoms with Crippen LogP contribution in [-0.2, 0) is 4.74 Å². The molecule has 1 atom stereocenters. The Labute approximate surface area is 122 Å². The van der Waals surface area contributed by atoms with Gasteiger partial charge in [0.2, 0.25) is 0 Å². The number of carbonyl (C=O) groups is 1. The molecule has 1 rings (SSSR count). The zero-order valence-corrected chi connectivity index (χ0v) is 13.1. The van der Waals surface area contributed by atoms with Crippen LogP contribution in [0.2, 0.25) is 0 Å². The first-order chi connectivity index (χ1) is 9.40. The van der Waals surface area contributed by atoms with E-state index in [9.17, 15) is 4.79 Å². The number of nitrogens with two attached hydrogens (primary N) is 1. The number of amides is 1. The molecule has 0 radical (unpaired) electrons. The molecule has 20 heavy (non-hydrogen) atoms. The molecule has 118 valence electrons. The van der Waals surface area contributed by atoms with Crippen LogP contribution in [0.15, 0.2) is 0 Å². The maximum atomic E-state index is 11.5. The number of hydrogen-bond donors (Lipinski definition) is 3. The summed E-state index contributed by atoms with van der Waals surface area (Å²) in [5, 5.41) is 5.01. The highest BCUT2D eigenvalue weighted by molar-refractivity contribution is 5.67. The Morgan fingerprint density at radius 3 is 2.50 bits per heavy atom. The SMILES string of the molecule is CC(C)(C)OC(=O)NCCC(CN)NN1CCCCC1. The molecule has 0 saturated carbocycles. The minimum Gasteiger partial charge on any atom is -0.444 e. The summed E-state index contributed by atoms with van der Waals surface area (Å²) in [6, 6.07) is 0.197. The van der Waals surface area contributed by atoms with Gasteiger partial charge in [-0.05, 0) is 40.0 Å². The van der Waals surface area contributed by atoms with Crippen LogP contribution in [-0.4, -0.2) is 48.9 Å². The quantitative estimate of drug-likeness (QED) is 0.684. The van der Waals surface area contributed by atoms with Gasteiger partial charge in [-0.25, -0.2) is 9.80 Å². The first-order valence-corrected chi connectivity index (χ1v) is 7.59. The van der Waals surface area contributed by atoms with Crippen molar-refractivity contribution in [3.8, 4) is 0 Å². The van der Waals surface area contributed by atoms with E-state index in [4.69, 9.17) is 10.5 Å². The van der Waals surface area contributed by atoms with Crippen molar-refractivity contribution in [2.45, 2.75) is 58.1 Å². The summed E-state index contributed by atoms with van der Waals surface area (Å²) in [6.07, 6.45) is 4.21. The highest BCUT2D eigenvalue weighted by Crippen LogP contribution is 2.08. The summed E-state index contributed by atoms with van der Waals surface area (Å²) >= 11 is 0. The number of ether oxygens (including phenoxy) is 1. The van der Waals surface area contributed by atoms with Crippen LogP contribution in [0.5, 0.6) is 0 Å². The van der Waals surface area contributed by atoms with Gasteiger partial charge in [0.15, 0.2) is 0 Å². The normalized spacial score (nSPS) is 18.6. The third-order valence-corrected chi connectivity index (χ3v) is 3.17. The van der Waals surface area contributed by atoms with Crippen LogP contribution in [0.4, 0.5) is 4.79 Å². The van der Waals surface area contributed by atoms with Gasteiger partial charge in [0.25, 0.3) is 0 Å². The van der Waals surface area contributed by atoms with Crippen molar-refractivity contribution in [3.63, 3.8) is 0 Å². The summed E-state index contributed by atoms with van der Waals surface area (Å²) in [7, 11) is 0. The van der Waals surface area contributed by atoms with Crippen LogP contribution in [0.25, 0.3) is 0 Å². The largest absolute Gasteiger partial charge is 0.444 e. The lowest BCUT2D eigenvalue weighted by Gasteiger charge is -2.31. The Morgan fingerprint density at radius 2 is 1.95 bits per heavy atom. The van der Waals surface area contributed by atoms with Crippen LogP contribution >= 0.6 is 0 Å². The number of nitrogens with zero attached hydrogens (tertiary/aromatic N) is 1. The van der Waals surface area contributed by atoms with Gasteiger partial charge >= 0.3 is 6.09 Å². The number of hydrogen-bond acceptors (Lipinski definition) is 5. The van der Waals surface area contributed by atoms with Crippen molar-refractivity contribution in [2.75, 3.05) is 26.2 Å². The van der Waals surface area contributed by atoms with Gasteiger partial charge in [0, 0.05) is 32.2 Å². The third-order valence-electron chi connectivity index (χ3n) is 3.17. The van der Waals surface area contributed by atoms with Crippen molar-refractivity contribution >= 4 is 6.09 Å². The van der Waals surface area contributed by atoms with E-state index in [-0.39, 0.29) is 12.1 Å². The smallest absolute Gasteiger partial charge is 0.407 e. The summed E-state index contributed by atoms with van der Waals surface area (Å²) in [4.78, 5) is 11.5. The zero-order valence-electron chi connectivity index (χ0n) is 13.1. The van der Waals surface area contributed by atoms with Gasteiger partial charge in [-0.2, -0.15) is 0 Å². The Hall–Kier alpha value is -0.850. The average molecular weight is 286 g/mol. The van der Waals surface area contributed by atoms with Gasteiger partial charge in [0.1, 0.15) is 5.60 Å². The second kappa shape index (κ2) is 8.44. The highest BCUT2D eigenvalue weighted by atomic mass is 16.6. The number of carbonyl (C=O) groups excluding carboxylic acids is 1. The average Bonchev–Trinajstić information content (AvgIpc) is 2.36. The molecule has 0 aliphatic carbocycles. The van der Waals surface area contributed by atoms with Crippen molar-refractivity contribution < 1.29 is 9.53 Å². The fourth-order valence-corrected chi connectivity index (χ4v) is 2.18. The molecule has 1 saturated heterocycles. The summed E-state index contributed by atoms with van der Waals surface area (Å²) in [6.45, 7) is 8.85. The Morgan fingerprint density at radius 1 is 1.30 bits per heavy atom. The predicted octanol–water partition coefficient (Wildman–Crippen LogP) is 1.22. The van der Waals surface area contributed by atoms with E-state index < -0.39 is 5.60 Å². The number of alkyl carbamates (subject to hydrolysis) is 1. The van der Waals surface area contributed by atoms with Gasteiger partial charge in [0.05, 0.1) is 0 Å². The first kappa shape index (κ1) is 17.2. The topological polar surface area (TPSA) is 79.6 Å². The summed E-state index contributed by atoms with van der Waals surface area (Å²) in [5.41, 5.74) is 8.76. The van der Waals surface area contributed by atoms with E-state index in [1.165, 1.54) is 19.3 Å². The molecule has 0 aromatic carbocycles. The molecule has 1 heterocycles. The summed E-state index contributed by atoms with van der Waals surface area (Å²) < 4.78 is 5.19. The molecule has 1 unspecified atom stereocenters. The second-order valence-corrected chi connectivity index (χ2v) is 6.33. The molecule has 6 heteroatoms. The van der Waals surface area contributed by atoms with Gasteiger partial charge < -0.3 is 15.8 Å². The molecule has 0 aromatic heterocycles. The molecule has 4 N–H and O–H groups in total. The Balaban J connectivity index is 2.18. The zero-order chi connectivity index (χ0) is 15.0. The number of piperidine rings is 1. The van der Waals surface area contributed by atoms with Gasteiger partial charge in [-0.3, -0.25) is 5.43 Å².